The number of halogens is 3. The number of hydrogen-bond acceptors (Lipinski definition) is 6. The minimum Gasteiger partial charge on any atom is -0.494 e. The first-order chi connectivity index (χ1) is 17.3. The average molecular weight is 593 g/mol. The van der Waals surface area contributed by atoms with E-state index in [-0.39, 0.29) is 21.5 Å². The zero-order valence-electron chi connectivity index (χ0n) is 18.9. The van der Waals surface area contributed by atoms with Gasteiger partial charge >= 0.3 is 17.8 Å². The number of carbonyl (C=O) groups excluding carboxylic acids is 3. The molecular weight excluding hydrogens is 573 g/mol. The largest absolute Gasteiger partial charge is 0.494 e. The zero-order valence-corrected chi connectivity index (χ0v) is 22.0. The molecular formula is C25H20BrCl2N3O5. The lowest BCUT2D eigenvalue weighted by Gasteiger charge is -2.09. The molecule has 0 bridgehead atoms. The summed E-state index contributed by atoms with van der Waals surface area (Å²) >= 11 is 15.3. The van der Waals surface area contributed by atoms with Gasteiger partial charge in [-0.05, 0) is 61.0 Å². The van der Waals surface area contributed by atoms with Crippen LogP contribution in [0.2, 0.25) is 10.0 Å². The number of benzene rings is 3. The van der Waals surface area contributed by atoms with Gasteiger partial charge < -0.3 is 14.8 Å². The molecule has 2 amide bonds. The van der Waals surface area contributed by atoms with Crippen molar-refractivity contribution >= 4 is 68.8 Å². The van der Waals surface area contributed by atoms with E-state index < -0.39 is 17.8 Å². The molecule has 0 fully saturated rings. The fourth-order valence-electron chi connectivity index (χ4n) is 2.77. The number of ether oxygens (including phenoxy) is 2. The Hall–Kier alpha value is -3.40. The van der Waals surface area contributed by atoms with Crippen LogP contribution in [0, 0.1) is 0 Å². The van der Waals surface area contributed by atoms with Gasteiger partial charge in [0.05, 0.1) is 34.1 Å². The van der Waals surface area contributed by atoms with Gasteiger partial charge in [0.15, 0.2) is 0 Å². The lowest BCUT2D eigenvalue weighted by atomic mass is 10.2. The van der Waals surface area contributed by atoms with Crippen LogP contribution in [0.4, 0.5) is 5.69 Å². The van der Waals surface area contributed by atoms with E-state index in [0.717, 1.165) is 6.42 Å². The highest BCUT2D eigenvalue weighted by atomic mass is 79.9. The molecule has 3 aromatic rings. The molecule has 0 saturated carbocycles. The normalized spacial score (nSPS) is 10.7. The molecule has 186 valence electrons. The van der Waals surface area contributed by atoms with Crippen LogP contribution in [-0.2, 0) is 9.59 Å². The number of carbonyl (C=O) groups is 3. The SMILES string of the molecule is CCCOc1ccc(C(=O)Oc2ccc(Br)cc2C=NNC(=O)C(=O)Nc2cccc(Cl)c2Cl)cc1. The maximum atomic E-state index is 12.6. The maximum absolute atomic E-state index is 12.6. The second-order valence-corrected chi connectivity index (χ2v) is 8.90. The Morgan fingerprint density at radius 1 is 1.03 bits per heavy atom. The molecule has 0 aliphatic heterocycles. The predicted octanol–water partition coefficient (Wildman–Crippen LogP) is 5.85. The van der Waals surface area contributed by atoms with Crippen LogP contribution in [-0.4, -0.2) is 30.6 Å². The fraction of sp³-hybridized carbons (Fsp3) is 0.120. The maximum Gasteiger partial charge on any atom is 0.343 e. The Balaban J connectivity index is 1.65. The first-order valence-corrected chi connectivity index (χ1v) is 12.2. The highest BCUT2D eigenvalue weighted by molar-refractivity contribution is 9.10. The number of anilines is 1. The predicted molar refractivity (Wildman–Crippen MR) is 142 cm³/mol. The molecule has 0 aliphatic carbocycles. The lowest BCUT2D eigenvalue weighted by molar-refractivity contribution is -0.136. The third-order valence-electron chi connectivity index (χ3n) is 4.51. The molecule has 0 unspecified atom stereocenters. The molecule has 3 rings (SSSR count). The average Bonchev–Trinajstić information content (AvgIpc) is 2.87. The smallest absolute Gasteiger partial charge is 0.343 e. The van der Waals surface area contributed by atoms with Gasteiger partial charge in [0.2, 0.25) is 0 Å². The molecule has 11 heteroatoms. The zero-order chi connectivity index (χ0) is 26.1. The van der Waals surface area contributed by atoms with Crippen molar-refractivity contribution in [1.29, 1.82) is 0 Å². The molecule has 0 aromatic heterocycles. The first-order valence-electron chi connectivity index (χ1n) is 10.6. The Kier molecular flexibility index (Phi) is 9.86. The van der Waals surface area contributed by atoms with Crippen molar-refractivity contribution in [3.8, 4) is 11.5 Å². The van der Waals surface area contributed by atoms with E-state index in [1.807, 2.05) is 6.92 Å². The summed E-state index contributed by atoms with van der Waals surface area (Å²) in [5.41, 5.74) is 2.99. The van der Waals surface area contributed by atoms with E-state index in [9.17, 15) is 14.4 Å². The van der Waals surface area contributed by atoms with Gasteiger partial charge in [0.1, 0.15) is 11.5 Å². The number of nitrogens with one attached hydrogen (secondary N) is 2. The van der Waals surface area contributed by atoms with Crippen LogP contribution in [0.25, 0.3) is 0 Å². The van der Waals surface area contributed by atoms with Gasteiger partial charge in [0.25, 0.3) is 0 Å². The van der Waals surface area contributed by atoms with Gasteiger partial charge in [-0.1, -0.05) is 52.1 Å². The number of hydrazone groups is 1. The Morgan fingerprint density at radius 2 is 1.78 bits per heavy atom. The van der Waals surface area contributed by atoms with Crippen molar-refractivity contribution in [2.24, 2.45) is 5.10 Å². The minimum atomic E-state index is -1.04. The van der Waals surface area contributed by atoms with E-state index in [2.05, 4.69) is 31.8 Å². The van der Waals surface area contributed by atoms with E-state index in [1.54, 1.807) is 54.6 Å². The fourth-order valence-corrected chi connectivity index (χ4v) is 3.50. The second-order valence-electron chi connectivity index (χ2n) is 7.20. The summed E-state index contributed by atoms with van der Waals surface area (Å²) in [7, 11) is 0. The van der Waals surface area contributed by atoms with Crippen molar-refractivity contribution < 1.29 is 23.9 Å². The highest BCUT2D eigenvalue weighted by Gasteiger charge is 2.16. The summed E-state index contributed by atoms with van der Waals surface area (Å²) in [6, 6.07) is 16.1. The monoisotopic (exact) mass is 591 g/mol. The molecule has 0 heterocycles. The number of amides is 2. The first kappa shape index (κ1) is 27.2. The minimum absolute atomic E-state index is 0.104. The molecule has 0 radical (unpaired) electrons. The number of rotatable bonds is 8. The standard InChI is InChI=1S/C25H20BrCl2N3O5/c1-2-12-35-18-9-6-15(7-10-18)25(34)36-21-11-8-17(26)13-16(21)14-29-31-24(33)23(32)30-20-5-3-4-19(27)22(20)28/h3-11,13-14H,2,12H2,1H3,(H,30,32)(H,31,33). The summed E-state index contributed by atoms with van der Waals surface area (Å²) in [6.45, 7) is 2.58. The van der Waals surface area contributed by atoms with Crippen LogP contribution >= 0.6 is 39.1 Å². The Morgan fingerprint density at radius 3 is 2.50 bits per heavy atom. The Labute approximate surface area is 225 Å². The summed E-state index contributed by atoms with van der Waals surface area (Å²) in [5.74, 6) is -1.77. The quantitative estimate of drug-likeness (QED) is 0.112. The molecule has 0 spiro atoms. The number of nitrogens with zero attached hydrogens (tertiary/aromatic N) is 1. The van der Waals surface area contributed by atoms with Gasteiger partial charge in [-0.25, -0.2) is 10.2 Å². The molecule has 8 nitrogen and oxygen atoms in total. The second kappa shape index (κ2) is 13.1. The third kappa shape index (κ3) is 7.55. The molecule has 0 atom stereocenters. The molecule has 0 saturated heterocycles. The lowest BCUT2D eigenvalue weighted by Crippen LogP contribution is -2.32. The van der Waals surface area contributed by atoms with Crippen molar-refractivity contribution in [1.82, 2.24) is 5.43 Å². The van der Waals surface area contributed by atoms with Crippen molar-refractivity contribution in [2.75, 3.05) is 11.9 Å². The molecule has 0 aliphatic rings. The molecule has 3 aromatic carbocycles. The summed E-state index contributed by atoms with van der Waals surface area (Å²) < 4.78 is 11.7. The summed E-state index contributed by atoms with van der Waals surface area (Å²) in [6.07, 6.45) is 2.12. The molecule has 2 N–H and O–H groups in total. The number of hydrogen-bond donors (Lipinski definition) is 2. The number of esters is 1. The highest BCUT2D eigenvalue weighted by Crippen LogP contribution is 2.29. The van der Waals surface area contributed by atoms with Crippen LogP contribution in [0.5, 0.6) is 11.5 Å². The van der Waals surface area contributed by atoms with Crippen molar-refractivity contribution in [2.45, 2.75) is 13.3 Å². The van der Waals surface area contributed by atoms with Crippen molar-refractivity contribution in [3.63, 3.8) is 0 Å². The van der Waals surface area contributed by atoms with Crippen LogP contribution in [0.1, 0.15) is 29.3 Å². The van der Waals surface area contributed by atoms with Gasteiger partial charge in [-0.2, -0.15) is 5.10 Å². The van der Waals surface area contributed by atoms with Gasteiger partial charge in [-0.3, -0.25) is 9.59 Å². The van der Waals surface area contributed by atoms with E-state index >= 15 is 0 Å². The van der Waals surface area contributed by atoms with Gasteiger partial charge in [-0.15, -0.1) is 0 Å². The molecule has 36 heavy (non-hydrogen) atoms. The topological polar surface area (TPSA) is 106 Å². The van der Waals surface area contributed by atoms with E-state index in [4.69, 9.17) is 32.7 Å². The third-order valence-corrected chi connectivity index (χ3v) is 5.83. The Bertz CT molecular complexity index is 1300. The van der Waals surface area contributed by atoms with E-state index in [1.165, 1.54) is 12.3 Å². The van der Waals surface area contributed by atoms with Crippen LogP contribution < -0.4 is 20.2 Å². The van der Waals surface area contributed by atoms with Gasteiger partial charge in [0, 0.05) is 10.0 Å². The van der Waals surface area contributed by atoms with Crippen LogP contribution in [0.15, 0.2) is 70.2 Å². The van der Waals surface area contributed by atoms with E-state index in [0.29, 0.717) is 28.0 Å². The summed E-state index contributed by atoms with van der Waals surface area (Å²) in [5, 5.41) is 6.48. The van der Waals surface area contributed by atoms with Crippen molar-refractivity contribution in [3.05, 3.63) is 86.3 Å². The van der Waals surface area contributed by atoms with Crippen LogP contribution in [0.3, 0.4) is 0 Å². The summed E-state index contributed by atoms with van der Waals surface area (Å²) in [4.78, 5) is 36.9.